The van der Waals surface area contributed by atoms with E-state index in [0.717, 1.165) is 31.3 Å². The third-order valence-corrected chi connectivity index (χ3v) is 3.31. The van der Waals surface area contributed by atoms with Gasteiger partial charge >= 0.3 is 0 Å². The molecule has 16 heavy (non-hydrogen) atoms. The Morgan fingerprint density at radius 1 is 1.56 bits per heavy atom. The van der Waals surface area contributed by atoms with Crippen LogP contribution in [0.15, 0.2) is 0 Å². The third-order valence-electron chi connectivity index (χ3n) is 2.37. The van der Waals surface area contributed by atoms with E-state index < -0.39 is 0 Å². The molecular formula is C9H21Cl2N3OS. The van der Waals surface area contributed by atoms with E-state index in [1.165, 1.54) is 0 Å². The van der Waals surface area contributed by atoms with Crippen molar-refractivity contribution in [3.8, 4) is 0 Å². The molecule has 1 aliphatic rings. The summed E-state index contributed by atoms with van der Waals surface area (Å²) in [7, 11) is 2.05. The zero-order valence-electron chi connectivity index (χ0n) is 9.69. The first kappa shape index (κ1) is 18.7. The van der Waals surface area contributed by atoms with Gasteiger partial charge in [0.05, 0.1) is 6.04 Å². The minimum atomic E-state index is 0. The zero-order valence-corrected chi connectivity index (χ0v) is 12.1. The highest BCUT2D eigenvalue weighted by atomic mass is 35.5. The van der Waals surface area contributed by atoms with Crippen molar-refractivity contribution in [2.45, 2.75) is 13.0 Å². The van der Waals surface area contributed by atoms with Crippen LogP contribution < -0.4 is 10.6 Å². The lowest BCUT2D eigenvalue weighted by molar-refractivity contribution is -0.122. The monoisotopic (exact) mass is 289 g/mol. The number of carbonyl (C=O) groups is 1. The Kier molecular flexibility index (Phi) is 12.2. The lowest BCUT2D eigenvalue weighted by Gasteiger charge is -2.15. The molecule has 0 radical (unpaired) electrons. The molecule has 1 heterocycles. The van der Waals surface area contributed by atoms with Gasteiger partial charge in [-0.1, -0.05) is 6.92 Å². The Balaban J connectivity index is 0. The summed E-state index contributed by atoms with van der Waals surface area (Å²) in [6, 6.07) is 0.0203. The molecule has 2 N–H and O–H groups in total. The van der Waals surface area contributed by atoms with E-state index in [1.807, 2.05) is 0 Å². The maximum Gasteiger partial charge on any atom is 0.238 e. The lowest BCUT2D eigenvalue weighted by Crippen LogP contribution is -2.44. The van der Waals surface area contributed by atoms with Crippen LogP contribution in [0.5, 0.6) is 0 Å². The van der Waals surface area contributed by atoms with Crippen LogP contribution in [-0.2, 0) is 4.79 Å². The summed E-state index contributed by atoms with van der Waals surface area (Å²) in [6.07, 6.45) is 0. The van der Waals surface area contributed by atoms with E-state index in [9.17, 15) is 4.79 Å². The maximum absolute atomic E-state index is 11.5. The van der Waals surface area contributed by atoms with Crippen molar-refractivity contribution in [1.82, 2.24) is 15.5 Å². The van der Waals surface area contributed by atoms with Crippen molar-refractivity contribution in [1.29, 1.82) is 0 Å². The Morgan fingerprint density at radius 2 is 2.25 bits per heavy atom. The van der Waals surface area contributed by atoms with E-state index in [2.05, 4.69) is 29.5 Å². The van der Waals surface area contributed by atoms with Crippen molar-refractivity contribution in [2.75, 3.05) is 38.3 Å². The van der Waals surface area contributed by atoms with Gasteiger partial charge in [0.1, 0.15) is 0 Å². The van der Waals surface area contributed by atoms with Gasteiger partial charge in [0.2, 0.25) is 5.91 Å². The van der Waals surface area contributed by atoms with E-state index >= 15 is 0 Å². The number of halogens is 2. The fourth-order valence-corrected chi connectivity index (χ4v) is 2.16. The summed E-state index contributed by atoms with van der Waals surface area (Å²) in [6.45, 7) is 4.79. The first-order chi connectivity index (χ1) is 6.74. The molecule has 0 bridgehead atoms. The summed E-state index contributed by atoms with van der Waals surface area (Å²) in [5.74, 6) is 1.93. The average Bonchev–Trinajstić information content (AvgIpc) is 2.70. The molecule has 1 atom stereocenters. The SMILES string of the molecule is CCN(C)CCNC(=O)C1CSCN1.Cl.Cl. The van der Waals surface area contributed by atoms with Crippen LogP contribution in [0, 0.1) is 0 Å². The van der Waals surface area contributed by atoms with Gasteiger partial charge in [0, 0.05) is 24.7 Å². The van der Waals surface area contributed by atoms with E-state index in [1.54, 1.807) is 11.8 Å². The van der Waals surface area contributed by atoms with Crippen molar-refractivity contribution < 1.29 is 4.79 Å². The van der Waals surface area contributed by atoms with Gasteiger partial charge in [0.15, 0.2) is 0 Å². The fraction of sp³-hybridized carbons (Fsp3) is 0.889. The quantitative estimate of drug-likeness (QED) is 0.776. The van der Waals surface area contributed by atoms with Gasteiger partial charge in [-0.2, -0.15) is 0 Å². The molecule has 1 fully saturated rings. The molecule has 0 aromatic heterocycles. The standard InChI is InChI=1S/C9H19N3OS.2ClH/c1-3-12(2)5-4-10-9(13)8-6-14-7-11-8;;/h8,11H,3-7H2,1-2H3,(H,10,13);2*1H. The summed E-state index contributed by atoms with van der Waals surface area (Å²) >= 11 is 1.77. The smallest absolute Gasteiger partial charge is 0.238 e. The molecule has 0 aromatic carbocycles. The summed E-state index contributed by atoms with van der Waals surface area (Å²) in [5, 5.41) is 6.08. The van der Waals surface area contributed by atoms with Crippen LogP contribution in [0.1, 0.15) is 6.92 Å². The van der Waals surface area contributed by atoms with Crippen molar-refractivity contribution in [3.05, 3.63) is 0 Å². The number of nitrogens with one attached hydrogen (secondary N) is 2. The van der Waals surface area contributed by atoms with Crippen LogP contribution in [0.3, 0.4) is 0 Å². The minimum Gasteiger partial charge on any atom is -0.353 e. The number of hydrogen-bond acceptors (Lipinski definition) is 4. The Labute approximate surface area is 114 Å². The molecule has 98 valence electrons. The predicted molar refractivity (Wildman–Crippen MR) is 74.9 cm³/mol. The minimum absolute atomic E-state index is 0. The van der Waals surface area contributed by atoms with Crippen LogP contribution in [0.25, 0.3) is 0 Å². The Morgan fingerprint density at radius 3 is 2.75 bits per heavy atom. The van der Waals surface area contributed by atoms with Crippen LogP contribution >= 0.6 is 36.6 Å². The normalized spacial score (nSPS) is 18.8. The van der Waals surface area contributed by atoms with Crippen molar-refractivity contribution in [3.63, 3.8) is 0 Å². The largest absolute Gasteiger partial charge is 0.353 e. The van der Waals surface area contributed by atoms with Crippen LogP contribution in [0.4, 0.5) is 0 Å². The molecule has 0 spiro atoms. The van der Waals surface area contributed by atoms with Crippen molar-refractivity contribution in [2.24, 2.45) is 0 Å². The molecule has 0 aliphatic carbocycles. The molecule has 0 aromatic rings. The first-order valence-electron chi connectivity index (χ1n) is 5.01. The molecule has 1 saturated heterocycles. The molecular weight excluding hydrogens is 269 g/mol. The second kappa shape index (κ2) is 10.5. The number of carbonyl (C=O) groups excluding carboxylic acids is 1. The molecule has 1 amide bonds. The highest BCUT2D eigenvalue weighted by Crippen LogP contribution is 2.08. The van der Waals surface area contributed by atoms with Gasteiger partial charge in [-0.25, -0.2) is 0 Å². The number of amides is 1. The number of nitrogens with zero attached hydrogens (tertiary/aromatic N) is 1. The van der Waals surface area contributed by atoms with E-state index in [0.29, 0.717) is 0 Å². The van der Waals surface area contributed by atoms with E-state index in [-0.39, 0.29) is 36.8 Å². The number of rotatable bonds is 5. The molecule has 1 aliphatic heterocycles. The zero-order chi connectivity index (χ0) is 10.4. The van der Waals surface area contributed by atoms with Gasteiger partial charge < -0.3 is 10.2 Å². The van der Waals surface area contributed by atoms with Gasteiger partial charge in [0.25, 0.3) is 0 Å². The number of hydrogen-bond donors (Lipinski definition) is 2. The van der Waals surface area contributed by atoms with Gasteiger partial charge in [-0.15, -0.1) is 36.6 Å². The lowest BCUT2D eigenvalue weighted by atomic mass is 10.3. The maximum atomic E-state index is 11.5. The third kappa shape index (κ3) is 6.81. The molecule has 7 heteroatoms. The average molecular weight is 290 g/mol. The highest BCUT2D eigenvalue weighted by Gasteiger charge is 2.21. The highest BCUT2D eigenvalue weighted by molar-refractivity contribution is 7.99. The molecule has 1 rings (SSSR count). The topological polar surface area (TPSA) is 44.4 Å². The van der Waals surface area contributed by atoms with Crippen molar-refractivity contribution >= 4 is 42.5 Å². The van der Waals surface area contributed by atoms with Gasteiger partial charge in [-0.3, -0.25) is 10.1 Å². The number of likely N-dealkylation sites (N-methyl/N-ethyl adjacent to an activating group) is 1. The molecule has 4 nitrogen and oxygen atoms in total. The summed E-state index contributed by atoms with van der Waals surface area (Å²) in [5.41, 5.74) is 0. The second-order valence-corrected chi connectivity index (χ2v) is 4.49. The Hall–Kier alpha value is 0.320. The summed E-state index contributed by atoms with van der Waals surface area (Å²) in [4.78, 5) is 13.7. The van der Waals surface area contributed by atoms with Gasteiger partial charge in [-0.05, 0) is 13.6 Å². The van der Waals surface area contributed by atoms with Crippen LogP contribution in [-0.4, -0.2) is 55.2 Å². The summed E-state index contributed by atoms with van der Waals surface area (Å²) < 4.78 is 0. The fourth-order valence-electron chi connectivity index (χ4n) is 1.21. The molecule has 1 unspecified atom stereocenters. The Bertz CT molecular complexity index is 192. The molecule has 0 saturated carbocycles. The first-order valence-corrected chi connectivity index (χ1v) is 6.17. The predicted octanol–water partition coefficient (Wildman–Crippen LogP) is 0.560. The number of thioether (sulfide) groups is 1. The van der Waals surface area contributed by atoms with Crippen LogP contribution in [0.2, 0.25) is 0 Å². The van der Waals surface area contributed by atoms with E-state index in [4.69, 9.17) is 0 Å². The second-order valence-electron chi connectivity index (χ2n) is 3.46.